The van der Waals surface area contributed by atoms with Gasteiger partial charge in [0, 0.05) is 6.92 Å². The van der Waals surface area contributed by atoms with E-state index in [4.69, 9.17) is 0 Å². The van der Waals surface area contributed by atoms with Crippen LogP contribution < -0.4 is 0 Å². The van der Waals surface area contributed by atoms with Gasteiger partial charge in [0.25, 0.3) is 0 Å². The normalized spacial score (nSPS) is 11.7. The third-order valence-electron chi connectivity index (χ3n) is 1.16. The number of carbonyl (C=O) groups is 1. The van der Waals surface area contributed by atoms with Crippen LogP contribution >= 0.6 is 11.3 Å². The van der Waals surface area contributed by atoms with E-state index in [2.05, 4.69) is 4.98 Å². The zero-order valence-electron chi connectivity index (χ0n) is 5.97. The number of rotatable bonds is 1. The Kier molecular flexibility index (Phi) is 2.18. The highest BCUT2D eigenvalue weighted by atomic mass is 32.1. The summed E-state index contributed by atoms with van der Waals surface area (Å²) in [5, 5.41) is 0. The van der Waals surface area contributed by atoms with Crippen molar-refractivity contribution in [2.45, 2.75) is 13.1 Å². The molecule has 0 radical (unpaired) electrons. The molecule has 0 N–H and O–H groups in total. The third kappa shape index (κ3) is 1.63. The fourth-order valence-electron chi connectivity index (χ4n) is 0.698. The zero-order valence-corrected chi connectivity index (χ0v) is 6.79. The molecule has 0 aliphatic heterocycles. The van der Waals surface area contributed by atoms with Crippen molar-refractivity contribution in [2.24, 2.45) is 0 Å². The van der Waals surface area contributed by atoms with E-state index in [-0.39, 0.29) is 4.88 Å². The van der Waals surface area contributed by atoms with E-state index in [9.17, 15) is 18.0 Å². The molecule has 1 aromatic heterocycles. The first-order valence-electron chi connectivity index (χ1n) is 2.94. The van der Waals surface area contributed by atoms with E-state index in [1.807, 2.05) is 0 Å². The van der Waals surface area contributed by atoms with Crippen LogP contribution in [0, 0.1) is 0 Å². The number of carbonyl (C=O) groups excluding carboxylic acids is 1. The molecule has 0 unspecified atom stereocenters. The second-order valence-electron chi connectivity index (χ2n) is 2.08. The highest BCUT2D eigenvalue weighted by Crippen LogP contribution is 2.32. The van der Waals surface area contributed by atoms with Gasteiger partial charge >= 0.3 is 6.18 Å². The summed E-state index contributed by atoms with van der Waals surface area (Å²) in [5.41, 5.74) is -0.0699. The van der Waals surface area contributed by atoms with Crippen molar-refractivity contribution in [1.29, 1.82) is 0 Å². The maximum Gasteiger partial charge on any atom is 0.434 e. The predicted octanol–water partition coefficient (Wildman–Crippen LogP) is 2.36. The van der Waals surface area contributed by atoms with Crippen LogP contribution in [0.5, 0.6) is 0 Å². The lowest BCUT2D eigenvalue weighted by Gasteiger charge is -2.02. The Bertz CT molecular complexity index is 304. The summed E-state index contributed by atoms with van der Waals surface area (Å²) in [6, 6.07) is 0. The van der Waals surface area contributed by atoms with Gasteiger partial charge in [-0.2, -0.15) is 13.2 Å². The molecule has 1 aromatic rings. The van der Waals surface area contributed by atoms with Gasteiger partial charge in [0.1, 0.15) is 4.88 Å². The van der Waals surface area contributed by atoms with Gasteiger partial charge in [-0.05, 0) is 0 Å². The average molecular weight is 195 g/mol. The van der Waals surface area contributed by atoms with Crippen LogP contribution in [-0.2, 0) is 6.18 Å². The smallest absolute Gasteiger partial charge is 0.294 e. The molecule has 0 amide bonds. The highest BCUT2D eigenvalue weighted by Gasteiger charge is 2.37. The zero-order chi connectivity index (χ0) is 9.35. The Balaban J connectivity index is 3.17. The van der Waals surface area contributed by atoms with E-state index >= 15 is 0 Å². The predicted molar refractivity (Wildman–Crippen MR) is 37.1 cm³/mol. The van der Waals surface area contributed by atoms with Gasteiger partial charge in [-0.1, -0.05) is 0 Å². The molecule has 66 valence electrons. The topological polar surface area (TPSA) is 30.0 Å². The third-order valence-corrected chi connectivity index (χ3v) is 2.08. The largest absolute Gasteiger partial charge is 0.434 e. The maximum absolute atomic E-state index is 12.0. The van der Waals surface area contributed by atoms with Crippen molar-refractivity contribution < 1.29 is 18.0 Å². The van der Waals surface area contributed by atoms with Crippen LogP contribution in [0.4, 0.5) is 13.2 Å². The molecule has 0 aliphatic carbocycles. The van der Waals surface area contributed by atoms with Gasteiger partial charge in [-0.3, -0.25) is 4.79 Å². The van der Waals surface area contributed by atoms with Crippen molar-refractivity contribution in [3.8, 4) is 0 Å². The number of ketones is 1. The van der Waals surface area contributed by atoms with Crippen molar-refractivity contribution in [1.82, 2.24) is 4.98 Å². The molecule has 0 aliphatic rings. The van der Waals surface area contributed by atoms with Gasteiger partial charge in [0.05, 0.1) is 5.51 Å². The quantitative estimate of drug-likeness (QED) is 0.644. The standard InChI is InChI=1S/C6H4F3NOS/c1-3(11)4-5(6(7,8)9)10-2-12-4/h2H,1H3. The lowest BCUT2D eigenvalue weighted by molar-refractivity contribution is -0.141. The summed E-state index contributed by atoms with van der Waals surface area (Å²) in [6.07, 6.45) is -4.53. The SMILES string of the molecule is CC(=O)c1scnc1C(F)(F)F. The Hall–Kier alpha value is -0.910. The number of Topliss-reactive ketones (excluding diaryl/α,β-unsaturated/α-hetero) is 1. The molecule has 0 aromatic carbocycles. The number of hydrogen-bond acceptors (Lipinski definition) is 3. The molecule has 1 rings (SSSR count). The van der Waals surface area contributed by atoms with Crippen LogP contribution in [0.15, 0.2) is 5.51 Å². The molecule has 0 spiro atoms. The summed E-state index contributed by atoms with van der Waals surface area (Å²) in [6.45, 7) is 1.09. The first kappa shape index (κ1) is 9.18. The second-order valence-corrected chi connectivity index (χ2v) is 2.94. The van der Waals surface area contributed by atoms with E-state index in [1.165, 1.54) is 0 Å². The Morgan fingerprint density at radius 2 is 2.17 bits per heavy atom. The van der Waals surface area contributed by atoms with E-state index in [0.717, 1.165) is 12.4 Å². The van der Waals surface area contributed by atoms with Crippen molar-refractivity contribution in [3.05, 3.63) is 16.1 Å². The lowest BCUT2D eigenvalue weighted by Crippen LogP contribution is -2.10. The summed E-state index contributed by atoms with van der Waals surface area (Å²) in [7, 11) is 0. The molecular formula is C6H4F3NOS. The summed E-state index contributed by atoms with van der Waals surface area (Å²) < 4.78 is 36.1. The highest BCUT2D eigenvalue weighted by molar-refractivity contribution is 7.11. The minimum Gasteiger partial charge on any atom is -0.294 e. The van der Waals surface area contributed by atoms with Crippen LogP contribution in [-0.4, -0.2) is 10.8 Å². The van der Waals surface area contributed by atoms with Crippen LogP contribution in [0.25, 0.3) is 0 Å². The lowest BCUT2D eigenvalue weighted by atomic mass is 10.3. The fraction of sp³-hybridized carbons (Fsp3) is 0.333. The molecule has 0 saturated heterocycles. The monoisotopic (exact) mass is 195 g/mol. The van der Waals surface area contributed by atoms with E-state index in [0.29, 0.717) is 11.3 Å². The van der Waals surface area contributed by atoms with Gasteiger partial charge < -0.3 is 0 Å². The Morgan fingerprint density at radius 1 is 1.58 bits per heavy atom. The first-order valence-corrected chi connectivity index (χ1v) is 3.82. The molecule has 6 heteroatoms. The minimum atomic E-state index is -4.53. The van der Waals surface area contributed by atoms with Gasteiger partial charge in [-0.15, -0.1) is 11.3 Å². The van der Waals surface area contributed by atoms with Crippen molar-refractivity contribution in [2.75, 3.05) is 0 Å². The number of thiazole rings is 1. The summed E-state index contributed by atoms with van der Waals surface area (Å²) in [4.78, 5) is 13.4. The van der Waals surface area contributed by atoms with Gasteiger partial charge in [0.15, 0.2) is 11.5 Å². The molecular weight excluding hydrogens is 191 g/mol. The van der Waals surface area contributed by atoms with Gasteiger partial charge in [-0.25, -0.2) is 4.98 Å². The van der Waals surface area contributed by atoms with Crippen molar-refractivity contribution in [3.63, 3.8) is 0 Å². The fourth-order valence-corrected chi connectivity index (χ4v) is 1.41. The number of aromatic nitrogens is 1. The van der Waals surface area contributed by atoms with E-state index < -0.39 is 17.7 Å². The molecule has 0 saturated carbocycles. The Morgan fingerprint density at radius 3 is 2.50 bits per heavy atom. The van der Waals surface area contributed by atoms with Crippen LogP contribution in [0.3, 0.4) is 0 Å². The molecule has 1 heterocycles. The number of alkyl halides is 3. The minimum absolute atomic E-state index is 0.331. The average Bonchev–Trinajstić information content (AvgIpc) is 2.30. The number of nitrogens with zero attached hydrogens (tertiary/aromatic N) is 1. The number of hydrogen-bond donors (Lipinski definition) is 0. The summed E-state index contributed by atoms with van der Waals surface area (Å²) in [5.74, 6) is -0.607. The number of halogens is 3. The van der Waals surface area contributed by atoms with E-state index in [1.54, 1.807) is 0 Å². The molecule has 12 heavy (non-hydrogen) atoms. The Labute approximate surface area is 70.0 Å². The van der Waals surface area contributed by atoms with Crippen molar-refractivity contribution >= 4 is 17.1 Å². The first-order chi connectivity index (χ1) is 5.43. The second kappa shape index (κ2) is 2.85. The van der Waals surface area contributed by atoms with Crippen LogP contribution in [0.2, 0.25) is 0 Å². The molecule has 0 bridgehead atoms. The molecule has 2 nitrogen and oxygen atoms in total. The molecule has 0 fully saturated rings. The van der Waals surface area contributed by atoms with Crippen LogP contribution in [0.1, 0.15) is 22.3 Å². The molecule has 0 atom stereocenters. The summed E-state index contributed by atoms with van der Waals surface area (Å²) >= 11 is 0.704. The van der Waals surface area contributed by atoms with Gasteiger partial charge in [0.2, 0.25) is 0 Å². The maximum atomic E-state index is 12.0.